The van der Waals surface area contributed by atoms with Crippen LogP contribution in [0.25, 0.3) is 22.2 Å². The molecule has 2 aliphatic rings. The Kier molecular flexibility index (Phi) is 5.45. The molecule has 34 heavy (non-hydrogen) atoms. The molecule has 7 nitrogen and oxygen atoms in total. The zero-order chi connectivity index (χ0) is 22.9. The number of aromatic nitrogens is 3. The minimum atomic E-state index is 0.0925. The van der Waals surface area contributed by atoms with Gasteiger partial charge in [-0.05, 0) is 41.8 Å². The molecule has 1 aliphatic heterocycles. The molecular weight excluding hydrogens is 426 g/mol. The molecule has 0 atom stereocenters. The number of fused-ring (bicyclic) bond motifs is 1. The maximum atomic E-state index is 13.2. The maximum absolute atomic E-state index is 13.2. The SMILES string of the molecule is O=C(c1cccc2ccccc12)N1CCN(c2ccc(-c3noc(C4CCCC4)n3)cn2)CC1. The Morgan fingerprint density at radius 3 is 2.50 bits per heavy atom. The van der Waals surface area contributed by atoms with Crippen LogP contribution < -0.4 is 4.90 Å². The first-order valence-electron chi connectivity index (χ1n) is 12.1. The van der Waals surface area contributed by atoms with Gasteiger partial charge in [-0.2, -0.15) is 4.98 Å². The Balaban J connectivity index is 1.11. The first kappa shape index (κ1) is 20.8. The summed E-state index contributed by atoms with van der Waals surface area (Å²) in [5, 5.41) is 6.27. The lowest BCUT2D eigenvalue weighted by Crippen LogP contribution is -2.49. The van der Waals surface area contributed by atoms with Crippen molar-refractivity contribution >= 4 is 22.5 Å². The summed E-state index contributed by atoms with van der Waals surface area (Å²) in [4.78, 5) is 26.6. The maximum Gasteiger partial charge on any atom is 0.254 e. The molecule has 2 aromatic carbocycles. The topological polar surface area (TPSA) is 75.4 Å². The second-order valence-corrected chi connectivity index (χ2v) is 9.15. The summed E-state index contributed by atoms with van der Waals surface area (Å²) in [6.07, 6.45) is 6.55. The molecule has 1 saturated heterocycles. The number of pyridine rings is 1. The van der Waals surface area contributed by atoms with Gasteiger partial charge in [-0.15, -0.1) is 0 Å². The molecule has 0 N–H and O–H groups in total. The van der Waals surface area contributed by atoms with Crippen LogP contribution in [0.3, 0.4) is 0 Å². The fourth-order valence-electron chi connectivity index (χ4n) is 5.12. The van der Waals surface area contributed by atoms with E-state index in [0.717, 1.165) is 59.5 Å². The standard InChI is InChI=1S/C27H27N5O2/c33-27(23-11-5-9-19-6-3-4-10-22(19)23)32-16-14-31(15-17-32)24-13-12-21(18-28-24)25-29-26(34-30-25)20-7-1-2-8-20/h3-6,9-13,18,20H,1-2,7-8,14-17H2. The summed E-state index contributed by atoms with van der Waals surface area (Å²) in [7, 11) is 0. The summed E-state index contributed by atoms with van der Waals surface area (Å²) in [6, 6.07) is 18.0. The molecule has 7 heteroatoms. The first-order chi connectivity index (χ1) is 16.8. The zero-order valence-electron chi connectivity index (χ0n) is 19.1. The number of benzene rings is 2. The van der Waals surface area contributed by atoms with E-state index in [-0.39, 0.29) is 5.91 Å². The molecule has 1 amide bonds. The summed E-state index contributed by atoms with van der Waals surface area (Å²) in [5.74, 6) is 2.76. The second-order valence-electron chi connectivity index (χ2n) is 9.15. The Morgan fingerprint density at radius 1 is 0.912 bits per heavy atom. The van der Waals surface area contributed by atoms with Crippen LogP contribution in [0.15, 0.2) is 65.3 Å². The van der Waals surface area contributed by atoms with Gasteiger partial charge in [-0.3, -0.25) is 4.79 Å². The van der Waals surface area contributed by atoms with Gasteiger partial charge < -0.3 is 14.3 Å². The van der Waals surface area contributed by atoms with Gasteiger partial charge in [-0.1, -0.05) is 54.4 Å². The summed E-state index contributed by atoms with van der Waals surface area (Å²) in [5.41, 5.74) is 1.63. The number of hydrogen-bond donors (Lipinski definition) is 0. The molecule has 2 fully saturated rings. The van der Waals surface area contributed by atoms with Gasteiger partial charge >= 0.3 is 0 Å². The number of nitrogens with zero attached hydrogens (tertiary/aromatic N) is 5. The molecule has 1 aliphatic carbocycles. The summed E-state index contributed by atoms with van der Waals surface area (Å²) < 4.78 is 5.51. The molecule has 0 unspecified atom stereocenters. The predicted molar refractivity (Wildman–Crippen MR) is 131 cm³/mol. The van der Waals surface area contributed by atoms with Crippen molar-refractivity contribution in [2.45, 2.75) is 31.6 Å². The minimum Gasteiger partial charge on any atom is -0.353 e. The zero-order valence-corrected chi connectivity index (χ0v) is 19.1. The Labute approximate surface area is 198 Å². The Morgan fingerprint density at radius 2 is 1.71 bits per heavy atom. The van der Waals surface area contributed by atoms with Crippen molar-refractivity contribution in [1.29, 1.82) is 0 Å². The van der Waals surface area contributed by atoms with Crippen LogP contribution in [0.2, 0.25) is 0 Å². The Hall–Kier alpha value is -3.74. The van der Waals surface area contributed by atoms with Crippen molar-refractivity contribution in [3.05, 3.63) is 72.2 Å². The van der Waals surface area contributed by atoms with E-state index in [1.807, 2.05) is 65.7 Å². The highest BCUT2D eigenvalue weighted by Gasteiger charge is 2.25. The van der Waals surface area contributed by atoms with E-state index in [2.05, 4.69) is 20.0 Å². The van der Waals surface area contributed by atoms with E-state index in [1.165, 1.54) is 12.8 Å². The van der Waals surface area contributed by atoms with E-state index in [0.29, 0.717) is 24.8 Å². The number of hydrogen-bond acceptors (Lipinski definition) is 6. The van der Waals surface area contributed by atoms with E-state index < -0.39 is 0 Å². The number of rotatable bonds is 4. The van der Waals surface area contributed by atoms with Crippen LogP contribution >= 0.6 is 0 Å². The minimum absolute atomic E-state index is 0.0925. The molecular formula is C27H27N5O2. The third-order valence-electron chi connectivity index (χ3n) is 7.06. The van der Waals surface area contributed by atoms with Crippen LogP contribution in [0, 0.1) is 0 Å². The molecule has 2 aromatic heterocycles. The number of carbonyl (C=O) groups is 1. The second kappa shape index (κ2) is 8.89. The highest BCUT2D eigenvalue weighted by atomic mass is 16.5. The summed E-state index contributed by atoms with van der Waals surface area (Å²) >= 11 is 0. The molecule has 0 spiro atoms. The molecule has 0 bridgehead atoms. The van der Waals surface area contributed by atoms with Gasteiger partial charge in [0.1, 0.15) is 5.82 Å². The average Bonchev–Trinajstić information content (AvgIpc) is 3.61. The van der Waals surface area contributed by atoms with Crippen LogP contribution in [-0.4, -0.2) is 52.1 Å². The summed E-state index contributed by atoms with van der Waals surface area (Å²) in [6.45, 7) is 2.83. The monoisotopic (exact) mass is 453 g/mol. The van der Waals surface area contributed by atoms with Crippen LogP contribution in [-0.2, 0) is 0 Å². The van der Waals surface area contributed by atoms with Crippen molar-refractivity contribution in [2.24, 2.45) is 0 Å². The smallest absolute Gasteiger partial charge is 0.254 e. The molecule has 1 saturated carbocycles. The van der Waals surface area contributed by atoms with Crippen molar-refractivity contribution < 1.29 is 9.32 Å². The van der Waals surface area contributed by atoms with E-state index in [9.17, 15) is 4.79 Å². The molecule has 0 radical (unpaired) electrons. The fraction of sp³-hybridized carbons (Fsp3) is 0.333. The lowest BCUT2D eigenvalue weighted by molar-refractivity contribution is 0.0748. The van der Waals surface area contributed by atoms with Crippen molar-refractivity contribution in [2.75, 3.05) is 31.1 Å². The number of anilines is 1. The van der Waals surface area contributed by atoms with Crippen molar-refractivity contribution in [3.63, 3.8) is 0 Å². The van der Waals surface area contributed by atoms with E-state index in [4.69, 9.17) is 4.52 Å². The van der Waals surface area contributed by atoms with E-state index in [1.54, 1.807) is 0 Å². The van der Waals surface area contributed by atoms with Gasteiger partial charge in [0.15, 0.2) is 0 Å². The Bertz CT molecular complexity index is 1300. The van der Waals surface area contributed by atoms with Gasteiger partial charge in [0.05, 0.1) is 0 Å². The largest absolute Gasteiger partial charge is 0.353 e. The molecule has 172 valence electrons. The quantitative estimate of drug-likeness (QED) is 0.437. The number of amides is 1. The van der Waals surface area contributed by atoms with Gasteiger partial charge in [0, 0.05) is 49.4 Å². The van der Waals surface area contributed by atoms with Crippen LogP contribution in [0.5, 0.6) is 0 Å². The van der Waals surface area contributed by atoms with Gasteiger partial charge in [0.2, 0.25) is 11.7 Å². The first-order valence-corrected chi connectivity index (χ1v) is 12.1. The van der Waals surface area contributed by atoms with Crippen molar-refractivity contribution in [3.8, 4) is 11.4 Å². The number of carbonyl (C=O) groups excluding carboxylic acids is 1. The highest BCUT2D eigenvalue weighted by molar-refractivity contribution is 6.07. The lowest BCUT2D eigenvalue weighted by atomic mass is 10.0. The fourth-order valence-corrected chi connectivity index (χ4v) is 5.12. The van der Waals surface area contributed by atoms with Crippen LogP contribution in [0.1, 0.15) is 47.8 Å². The molecule has 6 rings (SSSR count). The average molecular weight is 454 g/mol. The molecule has 3 heterocycles. The predicted octanol–water partition coefficient (Wildman–Crippen LogP) is 4.90. The van der Waals surface area contributed by atoms with Gasteiger partial charge in [-0.25, -0.2) is 4.98 Å². The number of piperazine rings is 1. The van der Waals surface area contributed by atoms with Crippen molar-refractivity contribution in [1.82, 2.24) is 20.0 Å². The van der Waals surface area contributed by atoms with E-state index >= 15 is 0 Å². The normalized spacial score (nSPS) is 16.9. The molecule has 4 aromatic rings. The highest BCUT2D eigenvalue weighted by Crippen LogP contribution is 2.34. The third-order valence-corrected chi connectivity index (χ3v) is 7.06. The lowest BCUT2D eigenvalue weighted by Gasteiger charge is -2.35. The van der Waals surface area contributed by atoms with Crippen LogP contribution in [0.4, 0.5) is 5.82 Å². The van der Waals surface area contributed by atoms with Gasteiger partial charge in [0.25, 0.3) is 5.91 Å². The third kappa shape index (κ3) is 3.91.